The maximum atomic E-state index is 12.7. The Kier molecular flexibility index (Phi) is 5.07. The number of carbonyl (C=O) groups excluding carboxylic acids is 1. The third kappa shape index (κ3) is 4.15. The van der Waals surface area contributed by atoms with Crippen molar-refractivity contribution < 1.29 is 14.1 Å². The monoisotopic (exact) mass is 354 g/mol. The molecule has 2 aliphatic rings. The highest BCUT2D eigenvalue weighted by Gasteiger charge is 2.35. The van der Waals surface area contributed by atoms with Crippen LogP contribution in [-0.4, -0.2) is 41.8 Å². The van der Waals surface area contributed by atoms with E-state index >= 15 is 0 Å². The van der Waals surface area contributed by atoms with Gasteiger partial charge in [0.25, 0.3) is 5.91 Å². The van der Waals surface area contributed by atoms with Gasteiger partial charge in [0.05, 0.1) is 11.8 Å². The third-order valence-electron chi connectivity index (χ3n) is 5.37. The number of hydrogen-bond donors (Lipinski definition) is 0. The number of piperidine rings is 1. The number of ether oxygens (including phenoxy) is 1. The van der Waals surface area contributed by atoms with Crippen LogP contribution in [0.1, 0.15) is 41.1 Å². The summed E-state index contributed by atoms with van der Waals surface area (Å²) in [5.74, 6) is 1.32. The summed E-state index contributed by atoms with van der Waals surface area (Å²) in [5.41, 5.74) is 2.03. The summed E-state index contributed by atoms with van der Waals surface area (Å²) in [4.78, 5) is 14.6. The first kappa shape index (κ1) is 17.3. The maximum absolute atomic E-state index is 12.7. The minimum atomic E-state index is -0.0655. The van der Waals surface area contributed by atoms with Gasteiger partial charge in [-0.2, -0.15) is 0 Å². The average Bonchev–Trinajstić information content (AvgIpc) is 3.39. The van der Waals surface area contributed by atoms with Gasteiger partial charge >= 0.3 is 0 Å². The largest absolute Gasteiger partial charge is 0.377 e. The van der Waals surface area contributed by atoms with Crippen LogP contribution in [-0.2, 0) is 11.2 Å². The molecule has 2 heterocycles. The smallest absolute Gasteiger partial charge is 0.292 e. The van der Waals surface area contributed by atoms with Gasteiger partial charge in [-0.15, -0.1) is 0 Å². The van der Waals surface area contributed by atoms with Crippen molar-refractivity contribution in [1.82, 2.24) is 10.1 Å². The number of benzene rings is 1. The lowest BCUT2D eigenvalue weighted by molar-refractivity contribution is -0.0332. The Bertz CT molecular complexity index is 739. The van der Waals surface area contributed by atoms with E-state index in [0.717, 1.165) is 31.1 Å². The molecule has 2 aromatic rings. The van der Waals surface area contributed by atoms with E-state index in [9.17, 15) is 4.79 Å². The number of aromatic nitrogens is 1. The predicted octanol–water partition coefficient (Wildman–Crippen LogP) is 3.48. The number of amides is 1. The van der Waals surface area contributed by atoms with Crippen molar-refractivity contribution in [2.45, 2.75) is 38.7 Å². The second-order valence-corrected chi connectivity index (χ2v) is 7.64. The summed E-state index contributed by atoms with van der Waals surface area (Å²) < 4.78 is 11.4. The molecule has 2 fully saturated rings. The van der Waals surface area contributed by atoms with Gasteiger partial charge < -0.3 is 14.2 Å². The van der Waals surface area contributed by atoms with Crippen molar-refractivity contribution in [1.29, 1.82) is 0 Å². The molecule has 26 heavy (non-hydrogen) atoms. The first-order chi connectivity index (χ1) is 12.7. The molecule has 0 radical (unpaired) electrons. The van der Waals surface area contributed by atoms with Crippen LogP contribution in [0.4, 0.5) is 0 Å². The Morgan fingerprint density at radius 1 is 1.27 bits per heavy atom. The van der Waals surface area contributed by atoms with Gasteiger partial charge in [-0.1, -0.05) is 35.5 Å². The van der Waals surface area contributed by atoms with E-state index in [1.54, 1.807) is 6.07 Å². The molecule has 1 aromatic carbocycles. The molecule has 0 bridgehead atoms. The first-order valence-corrected chi connectivity index (χ1v) is 9.57. The van der Waals surface area contributed by atoms with Crippen molar-refractivity contribution in [3.05, 3.63) is 53.4 Å². The standard InChI is InChI=1S/C21H26N2O3/c1-15-11-20(26-22-15)21(24)23-10-9-19(25-14-17-7-8-17)18(13-23)12-16-5-3-2-4-6-16/h2-6,11,17-19H,7-10,12-14H2,1H3/t18-,19+/m1/s1. The molecule has 0 unspecified atom stereocenters. The van der Waals surface area contributed by atoms with Gasteiger partial charge in [-0.25, -0.2) is 0 Å². The van der Waals surface area contributed by atoms with Crippen molar-refractivity contribution in [2.24, 2.45) is 11.8 Å². The van der Waals surface area contributed by atoms with Crippen LogP contribution in [0.2, 0.25) is 0 Å². The van der Waals surface area contributed by atoms with E-state index < -0.39 is 0 Å². The Morgan fingerprint density at radius 3 is 2.77 bits per heavy atom. The highest BCUT2D eigenvalue weighted by Crippen LogP contribution is 2.32. The van der Waals surface area contributed by atoms with Gasteiger partial charge in [0.1, 0.15) is 0 Å². The van der Waals surface area contributed by atoms with E-state index in [1.807, 2.05) is 17.9 Å². The molecular weight excluding hydrogens is 328 g/mol. The molecule has 4 rings (SSSR count). The normalized spacial score (nSPS) is 23.2. The van der Waals surface area contributed by atoms with Crippen LogP contribution < -0.4 is 0 Å². The summed E-state index contributed by atoms with van der Waals surface area (Å²) in [5, 5.41) is 3.84. The fourth-order valence-electron chi connectivity index (χ4n) is 3.69. The van der Waals surface area contributed by atoms with Crippen molar-refractivity contribution >= 4 is 5.91 Å². The molecule has 1 saturated heterocycles. The molecular formula is C21H26N2O3. The quantitative estimate of drug-likeness (QED) is 0.797. The zero-order valence-electron chi connectivity index (χ0n) is 15.3. The minimum Gasteiger partial charge on any atom is -0.377 e. The fraction of sp³-hybridized carbons (Fsp3) is 0.524. The highest BCUT2D eigenvalue weighted by molar-refractivity contribution is 5.91. The maximum Gasteiger partial charge on any atom is 0.292 e. The van der Waals surface area contributed by atoms with Gasteiger partial charge in [0, 0.05) is 31.7 Å². The number of rotatable bonds is 6. The lowest BCUT2D eigenvalue weighted by Crippen LogP contribution is -2.47. The summed E-state index contributed by atoms with van der Waals surface area (Å²) in [6.07, 6.45) is 4.62. The summed E-state index contributed by atoms with van der Waals surface area (Å²) in [6.45, 7) is 4.10. The molecule has 0 N–H and O–H groups in total. The van der Waals surface area contributed by atoms with Crippen LogP contribution in [0.15, 0.2) is 40.9 Å². The Balaban J connectivity index is 1.45. The van der Waals surface area contributed by atoms with Gasteiger partial charge in [0.2, 0.25) is 5.76 Å². The van der Waals surface area contributed by atoms with E-state index in [1.165, 1.54) is 18.4 Å². The molecule has 138 valence electrons. The number of hydrogen-bond acceptors (Lipinski definition) is 4. The van der Waals surface area contributed by atoms with Crippen molar-refractivity contribution in [3.8, 4) is 0 Å². The summed E-state index contributed by atoms with van der Waals surface area (Å²) in [7, 11) is 0. The summed E-state index contributed by atoms with van der Waals surface area (Å²) in [6, 6.07) is 12.2. The number of likely N-dealkylation sites (tertiary alicyclic amines) is 1. The number of nitrogens with zero attached hydrogens (tertiary/aromatic N) is 2. The van der Waals surface area contributed by atoms with Gasteiger partial charge in [0.15, 0.2) is 0 Å². The average molecular weight is 354 g/mol. The van der Waals surface area contributed by atoms with E-state index in [4.69, 9.17) is 9.26 Å². The van der Waals surface area contributed by atoms with Gasteiger partial charge in [-0.05, 0) is 44.1 Å². The minimum absolute atomic E-state index is 0.0655. The second kappa shape index (κ2) is 7.62. The number of aryl methyl sites for hydroxylation is 1. The van der Waals surface area contributed by atoms with Crippen LogP contribution in [0.3, 0.4) is 0 Å². The number of carbonyl (C=O) groups is 1. The molecule has 1 aromatic heterocycles. The van der Waals surface area contributed by atoms with Gasteiger partial charge in [-0.3, -0.25) is 4.79 Å². The van der Waals surface area contributed by atoms with Crippen LogP contribution in [0.25, 0.3) is 0 Å². The molecule has 2 atom stereocenters. The third-order valence-corrected chi connectivity index (χ3v) is 5.37. The molecule has 1 aliphatic heterocycles. The molecule has 1 amide bonds. The molecule has 1 aliphatic carbocycles. The predicted molar refractivity (Wildman–Crippen MR) is 97.9 cm³/mol. The van der Waals surface area contributed by atoms with Crippen LogP contribution in [0, 0.1) is 18.8 Å². The molecule has 5 nitrogen and oxygen atoms in total. The topological polar surface area (TPSA) is 55.6 Å². The zero-order chi connectivity index (χ0) is 17.9. The molecule has 5 heteroatoms. The lowest BCUT2D eigenvalue weighted by atomic mass is 9.88. The zero-order valence-corrected chi connectivity index (χ0v) is 15.3. The van der Waals surface area contributed by atoms with E-state index in [-0.39, 0.29) is 12.0 Å². The van der Waals surface area contributed by atoms with Crippen molar-refractivity contribution in [2.75, 3.05) is 19.7 Å². The molecule has 1 saturated carbocycles. The SMILES string of the molecule is Cc1cc(C(=O)N2CC[C@H](OCC3CC3)[C@H](Cc3ccccc3)C2)on1. The van der Waals surface area contributed by atoms with E-state index in [2.05, 4.69) is 29.4 Å². The van der Waals surface area contributed by atoms with Crippen LogP contribution >= 0.6 is 0 Å². The van der Waals surface area contributed by atoms with E-state index in [0.29, 0.717) is 24.8 Å². The first-order valence-electron chi connectivity index (χ1n) is 9.57. The van der Waals surface area contributed by atoms with Crippen LogP contribution in [0.5, 0.6) is 0 Å². The fourth-order valence-corrected chi connectivity index (χ4v) is 3.69. The molecule has 0 spiro atoms. The Hall–Kier alpha value is -2.14. The highest BCUT2D eigenvalue weighted by atomic mass is 16.5. The summed E-state index contributed by atoms with van der Waals surface area (Å²) >= 11 is 0. The lowest BCUT2D eigenvalue weighted by Gasteiger charge is -2.38. The van der Waals surface area contributed by atoms with Crippen molar-refractivity contribution in [3.63, 3.8) is 0 Å². The Morgan fingerprint density at radius 2 is 2.08 bits per heavy atom. The second-order valence-electron chi connectivity index (χ2n) is 7.64. The Labute approximate surface area is 154 Å².